The molecule has 0 aliphatic heterocycles. The van der Waals surface area contributed by atoms with Crippen LogP contribution in [0.1, 0.15) is 13.8 Å². The Morgan fingerprint density at radius 1 is 1.12 bits per heavy atom. The molecule has 0 unspecified atom stereocenters. The molecule has 1 aromatic carbocycles. The van der Waals surface area contributed by atoms with E-state index in [-0.39, 0.29) is 0 Å². The molecule has 0 N–H and O–H groups in total. The minimum atomic E-state index is 0.470. The van der Waals surface area contributed by atoms with Crippen LogP contribution in [0.5, 0.6) is 11.5 Å². The van der Waals surface area contributed by atoms with Gasteiger partial charge in [-0.25, -0.2) is 9.97 Å². The summed E-state index contributed by atoms with van der Waals surface area (Å²) >= 11 is 1.69. The molecule has 3 rings (SSSR count). The molecule has 0 aliphatic carbocycles. The lowest BCUT2D eigenvalue weighted by Crippen LogP contribution is -2.07. The summed E-state index contributed by atoms with van der Waals surface area (Å²) in [6.07, 6.45) is 3.72. The van der Waals surface area contributed by atoms with E-state index in [4.69, 9.17) is 19.2 Å². The van der Waals surface area contributed by atoms with Crippen molar-refractivity contribution in [2.24, 2.45) is 0 Å². The molecule has 0 fully saturated rings. The van der Waals surface area contributed by atoms with Crippen molar-refractivity contribution in [3.05, 3.63) is 36.7 Å². The Bertz CT molecular complexity index is 866. The number of aromatic nitrogens is 3. The SMILES string of the molecule is CCOCCOc1cc(-c2cc3nccn3c(SCC)n2)ccc1OC. The fourth-order valence-electron chi connectivity index (χ4n) is 2.58. The highest BCUT2D eigenvalue weighted by atomic mass is 32.2. The van der Waals surface area contributed by atoms with Crippen LogP contribution in [0.25, 0.3) is 16.9 Å². The Morgan fingerprint density at radius 2 is 2.00 bits per heavy atom. The van der Waals surface area contributed by atoms with Gasteiger partial charge in [0.05, 0.1) is 19.4 Å². The van der Waals surface area contributed by atoms with Gasteiger partial charge in [-0.2, -0.15) is 0 Å². The van der Waals surface area contributed by atoms with Gasteiger partial charge in [0.2, 0.25) is 0 Å². The van der Waals surface area contributed by atoms with Crippen molar-refractivity contribution in [2.75, 3.05) is 32.7 Å². The molecule has 0 saturated heterocycles. The van der Waals surface area contributed by atoms with E-state index in [2.05, 4.69) is 11.9 Å². The summed E-state index contributed by atoms with van der Waals surface area (Å²) in [6.45, 7) is 5.76. The Morgan fingerprint density at radius 3 is 2.77 bits per heavy atom. The predicted molar refractivity (Wildman–Crippen MR) is 103 cm³/mol. The molecule has 3 aromatic rings. The number of methoxy groups -OCH3 is 1. The normalized spacial score (nSPS) is 11.0. The third-order valence-electron chi connectivity index (χ3n) is 3.78. The van der Waals surface area contributed by atoms with Gasteiger partial charge >= 0.3 is 0 Å². The second kappa shape index (κ2) is 8.91. The van der Waals surface area contributed by atoms with Gasteiger partial charge in [-0.05, 0) is 30.9 Å². The van der Waals surface area contributed by atoms with Crippen LogP contribution < -0.4 is 9.47 Å². The monoisotopic (exact) mass is 373 g/mol. The maximum atomic E-state index is 5.84. The first-order valence-electron chi connectivity index (χ1n) is 8.62. The molecule has 6 nitrogen and oxygen atoms in total. The number of ether oxygens (including phenoxy) is 3. The van der Waals surface area contributed by atoms with E-state index in [0.29, 0.717) is 31.3 Å². The van der Waals surface area contributed by atoms with Gasteiger partial charge in [0.1, 0.15) is 12.3 Å². The van der Waals surface area contributed by atoms with Gasteiger partial charge in [0.15, 0.2) is 16.7 Å². The van der Waals surface area contributed by atoms with Crippen molar-refractivity contribution in [1.29, 1.82) is 0 Å². The Balaban J connectivity index is 1.94. The Kier molecular flexibility index (Phi) is 6.35. The molecule has 0 radical (unpaired) electrons. The van der Waals surface area contributed by atoms with Crippen molar-refractivity contribution in [1.82, 2.24) is 14.4 Å². The fraction of sp³-hybridized carbons (Fsp3) is 0.368. The van der Waals surface area contributed by atoms with E-state index in [1.807, 2.05) is 41.8 Å². The zero-order valence-corrected chi connectivity index (χ0v) is 16.1. The molecule has 0 aliphatic rings. The highest BCUT2D eigenvalue weighted by Gasteiger charge is 2.12. The van der Waals surface area contributed by atoms with Crippen LogP contribution in [0.2, 0.25) is 0 Å². The van der Waals surface area contributed by atoms with Crippen LogP contribution in [0.15, 0.2) is 41.8 Å². The van der Waals surface area contributed by atoms with Crippen molar-refractivity contribution in [3.63, 3.8) is 0 Å². The lowest BCUT2D eigenvalue weighted by atomic mass is 10.1. The highest BCUT2D eigenvalue weighted by Crippen LogP contribution is 2.33. The predicted octanol–water partition coefficient (Wildman–Crippen LogP) is 3.93. The molecular weight excluding hydrogens is 350 g/mol. The third kappa shape index (κ3) is 4.11. The molecule has 0 amide bonds. The van der Waals surface area contributed by atoms with E-state index in [1.54, 1.807) is 25.1 Å². The van der Waals surface area contributed by atoms with Gasteiger partial charge in [-0.1, -0.05) is 18.7 Å². The fourth-order valence-corrected chi connectivity index (χ4v) is 3.29. The lowest BCUT2D eigenvalue weighted by Gasteiger charge is -2.13. The second-order valence-corrected chi connectivity index (χ2v) is 6.65. The number of fused-ring (bicyclic) bond motifs is 1. The maximum Gasteiger partial charge on any atom is 0.174 e. The standard InChI is InChI=1S/C19H23N3O3S/c1-4-24-10-11-25-17-12-14(6-7-16(17)23-3)15-13-18-20-8-9-22(18)19(21-15)26-5-2/h6-9,12-13H,4-5,10-11H2,1-3H3. The minimum Gasteiger partial charge on any atom is -0.493 e. The molecule has 0 saturated carbocycles. The van der Waals surface area contributed by atoms with E-state index in [9.17, 15) is 0 Å². The number of hydrogen-bond donors (Lipinski definition) is 0. The number of thioether (sulfide) groups is 1. The lowest BCUT2D eigenvalue weighted by molar-refractivity contribution is 0.109. The van der Waals surface area contributed by atoms with Crippen LogP contribution in [-0.2, 0) is 4.74 Å². The van der Waals surface area contributed by atoms with Crippen molar-refractivity contribution in [3.8, 4) is 22.8 Å². The van der Waals surface area contributed by atoms with Crippen molar-refractivity contribution >= 4 is 17.4 Å². The van der Waals surface area contributed by atoms with Crippen LogP contribution in [0.3, 0.4) is 0 Å². The van der Waals surface area contributed by atoms with E-state index in [1.165, 1.54) is 0 Å². The first kappa shape index (κ1) is 18.5. The molecule has 0 bridgehead atoms. The summed E-state index contributed by atoms with van der Waals surface area (Å²) in [4.78, 5) is 9.22. The average molecular weight is 373 g/mol. The quantitative estimate of drug-likeness (QED) is 0.322. The smallest absolute Gasteiger partial charge is 0.174 e. The molecule has 138 valence electrons. The number of benzene rings is 1. The number of nitrogens with zero attached hydrogens (tertiary/aromatic N) is 3. The Hall–Kier alpha value is -2.25. The van der Waals surface area contributed by atoms with Crippen LogP contribution >= 0.6 is 11.8 Å². The summed E-state index contributed by atoms with van der Waals surface area (Å²) in [5.74, 6) is 2.31. The molecule has 0 spiro atoms. The van der Waals surface area contributed by atoms with Gasteiger partial charge in [-0.3, -0.25) is 4.40 Å². The molecule has 7 heteroatoms. The summed E-state index contributed by atoms with van der Waals surface area (Å²) in [7, 11) is 1.63. The third-order valence-corrected chi connectivity index (χ3v) is 4.61. The summed E-state index contributed by atoms with van der Waals surface area (Å²) in [6, 6.07) is 7.81. The van der Waals surface area contributed by atoms with Gasteiger partial charge in [0, 0.05) is 30.6 Å². The topological polar surface area (TPSA) is 57.9 Å². The number of rotatable bonds is 9. The van der Waals surface area contributed by atoms with E-state index in [0.717, 1.165) is 27.8 Å². The van der Waals surface area contributed by atoms with Crippen molar-refractivity contribution < 1.29 is 14.2 Å². The zero-order chi connectivity index (χ0) is 18.4. The molecule has 26 heavy (non-hydrogen) atoms. The molecule has 2 heterocycles. The Labute approximate surface area is 157 Å². The first-order valence-corrected chi connectivity index (χ1v) is 9.61. The van der Waals surface area contributed by atoms with E-state index >= 15 is 0 Å². The number of imidazole rings is 1. The van der Waals surface area contributed by atoms with Crippen molar-refractivity contribution in [2.45, 2.75) is 19.0 Å². The van der Waals surface area contributed by atoms with Crippen LogP contribution in [-0.4, -0.2) is 47.1 Å². The zero-order valence-electron chi connectivity index (χ0n) is 15.3. The highest BCUT2D eigenvalue weighted by molar-refractivity contribution is 7.99. The van der Waals surface area contributed by atoms with Gasteiger partial charge in [-0.15, -0.1) is 0 Å². The van der Waals surface area contributed by atoms with Gasteiger partial charge in [0.25, 0.3) is 0 Å². The largest absolute Gasteiger partial charge is 0.493 e. The summed E-state index contributed by atoms with van der Waals surface area (Å²) < 4.78 is 18.6. The summed E-state index contributed by atoms with van der Waals surface area (Å²) in [5.41, 5.74) is 2.69. The van der Waals surface area contributed by atoms with Crippen LogP contribution in [0.4, 0.5) is 0 Å². The molecule has 0 atom stereocenters. The minimum absolute atomic E-state index is 0.470. The second-order valence-electron chi connectivity index (χ2n) is 5.42. The molecule has 2 aromatic heterocycles. The maximum absolute atomic E-state index is 5.84. The van der Waals surface area contributed by atoms with E-state index < -0.39 is 0 Å². The average Bonchev–Trinajstić information content (AvgIpc) is 3.14. The van der Waals surface area contributed by atoms with Crippen LogP contribution in [0, 0.1) is 0 Å². The molecular formula is C19H23N3O3S. The summed E-state index contributed by atoms with van der Waals surface area (Å²) in [5, 5.41) is 0.923. The first-order chi connectivity index (χ1) is 12.8. The van der Waals surface area contributed by atoms with Gasteiger partial charge < -0.3 is 14.2 Å². The number of hydrogen-bond acceptors (Lipinski definition) is 6.